The van der Waals surface area contributed by atoms with Gasteiger partial charge < -0.3 is 8.98 Å². The summed E-state index contributed by atoms with van der Waals surface area (Å²) in [6.07, 6.45) is 0. The molecule has 13 aromatic rings. The quantitative estimate of drug-likeness (QED) is 0.168. The van der Waals surface area contributed by atoms with Crippen molar-refractivity contribution in [3.05, 3.63) is 206 Å². The molecule has 63 heavy (non-hydrogen) atoms. The zero-order valence-corrected chi connectivity index (χ0v) is 34.6. The van der Waals surface area contributed by atoms with Gasteiger partial charge in [0.05, 0.1) is 16.7 Å². The fourth-order valence-electron chi connectivity index (χ4n) is 9.42. The first kappa shape index (κ1) is 35.6. The van der Waals surface area contributed by atoms with Gasteiger partial charge in [-0.3, -0.25) is 0 Å². The van der Waals surface area contributed by atoms with E-state index in [0.29, 0.717) is 17.5 Å². The lowest BCUT2D eigenvalue weighted by molar-refractivity contribution is 0.669. The molecule has 6 heteroatoms. The Kier molecular flexibility index (Phi) is 8.01. The second-order valence-corrected chi connectivity index (χ2v) is 17.0. The smallest absolute Gasteiger partial charge is 0.164 e. The number of benzene rings is 9. The molecule has 4 aromatic heterocycles. The third-order valence-corrected chi connectivity index (χ3v) is 13.4. The van der Waals surface area contributed by atoms with Crippen LogP contribution in [0.5, 0.6) is 0 Å². The van der Waals surface area contributed by atoms with Gasteiger partial charge in [0.1, 0.15) is 11.2 Å². The highest BCUT2D eigenvalue weighted by Crippen LogP contribution is 2.46. The van der Waals surface area contributed by atoms with E-state index in [1.165, 1.54) is 53.2 Å². The van der Waals surface area contributed by atoms with E-state index in [9.17, 15) is 0 Å². The molecule has 0 saturated heterocycles. The van der Waals surface area contributed by atoms with Gasteiger partial charge in [-0.05, 0) is 70.8 Å². The first-order chi connectivity index (χ1) is 31.2. The van der Waals surface area contributed by atoms with E-state index in [0.717, 1.165) is 55.3 Å². The SMILES string of the molecule is c1ccc(-c2ccc(-c3nc(-c4ccccc4)nc(-c4cccc5oc6ccc(-c7cccc8sc9cccc(-n%10c%11ccccc%11c%11ccccc%11%10)c9c78)cc6c45)n3)cc2)cc1. The summed E-state index contributed by atoms with van der Waals surface area (Å²) in [6, 6.07) is 72.6. The van der Waals surface area contributed by atoms with E-state index in [1.54, 1.807) is 0 Å². The number of para-hydroxylation sites is 2. The summed E-state index contributed by atoms with van der Waals surface area (Å²) in [7, 11) is 0. The van der Waals surface area contributed by atoms with E-state index in [-0.39, 0.29) is 0 Å². The van der Waals surface area contributed by atoms with Gasteiger partial charge in [-0.2, -0.15) is 0 Å². The number of aromatic nitrogens is 4. The molecule has 0 bridgehead atoms. The minimum absolute atomic E-state index is 0.589. The standard InChI is InChI=1S/C57H34N4OS/c1-3-14-35(15-4-1)36-28-30-38(31-29-36)56-58-55(37-16-5-2-6-17-37)59-57(60-56)43-21-11-25-49-52(43)44-34-39(32-33-48(44)62-49)40-20-12-26-50-53(40)54-47(24-13-27-51(54)63-50)61-45-22-9-7-18-41(45)42-19-8-10-23-46(42)61/h1-34H. The van der Waals surface area contributed by atoms with E-state index in [1.807, 2.05) is 59.9 Å². The molecule has 0 aliphatic heterocycles. The molecule has 0 radical (unpaired) electrons. The van der Waals surface area contributed by atoms with Gasteiger partial charge in [-0.1, -0.05) is 158 Å². The largest absolute Gasteiger partial charge is 0.456 e. The zero-order chi connectivity index (χ0) is 41.4. The molecule has 294 valence electrons. The predicted molar refractivity (Wildman–Crippen MR) is 262 cm³/mol. The highest BCUT2D eigenvalue weighted by Gasteiger charge is 2.21. The lowest BCUT2D eigenvalue weighted by atomic mass is 9.96. The van der Waals surface area contributed by atoms with Crippen LogP contribution in [0, 0.1) is 0 Å². The van der Waals surface area contributed by atoms with Crippen LogP contribution in [0.4, 0.5) is 0 Å². The van der Waals surface area contributed by atoms with Crippen molar-refractivity contribution in [2.45, 2.75) is 0 Å². The van der Waals surface area contributed by atoms with Crippen LogP contribution >= 0.6 is 11.3 Å². The van der Waals surface area contributed by atoms with Gasteiger partial charge in [-0.15, -0.1) is 11.3 Å². The Hall–Kier alpha value is -8.19. The molecule has 0 atom stereocenters. The van der Waals surface area contributed by atoms with Gasteiger partial charge >= 0.3 is 0 Å². The van der Waals surface area contributed by atoms with E-state index in [4.69, 9.17) is 19.4 Å². The van der Waals surface area contributed by atoms with Crippen LogP contribution in [0.2, 0.25) is 0 Å². The highest BCUT2D eigenvalue weighted by molar-refractivity contribution is 7.26. The fraction of sp³-hybridized carbons (Fsp3) is 0. The molecule has 0 unspecified atom stereocenters. The van der Waals surface area contributed by atoms with Crippen LogP contribution in [0.3, 0.4) is 0 Å². The Balaban J connectivity index is 1.01. The number of nitrogens with zero attached hydrogens (tertiary/aromatic N) is 4. The molecule has 0 aliphatic rings. The Morgan fingerprint density at radius 1 is 0.349 bits per heavy atom. The number of furan rings is 1. The topological polar surface area (TPSA) is 56.7 Å². The van der Waals surface area contributed by atoms with E-state index >= 15 is 0 Å². The summed E-state index contributed by atoms with van der Waals surface area (Å²) >= 11 is 1.84. The molecule has 9 aromatic carbocycles. The van der Waals surface area contributed by atoms with Crippen LogP contribution in [0.1, 0.15) is 0 Å². The molecule has 0 fully saturated rings. The number of hydrogen-bond acceptors (Lipinski definition) is 5. The molecular formula is C57H34N4OS. The van der Waals surface area contributed by atoms with E-state index < -0.39 is 0 Å². The number of rotatable bonds is 6. The van der Waals surface area contributed by atoms with Crippen molar-refractivity contribution in [2.75, 3.05) is 0 Å². The molecule has 0 amide bonds. The average Bonchev–Trinajstić information content (AvgIpc) is 4.04. The second kappa shape index (κ2) is 14.2. The summed E-state index contributed by atoms with van der Waals surface area (Å²) in [5.74, 6) is 1.81. The predicted octanol–water partition coefficient (Wildman–Crippen LogP) is 15.6. The molecule has 4 heterocycles. The van der Waals surface area contributed by atoms with Crippen LogP contribution < -0.4 is 0 Å². The van der Waals surface area contributed by atoms with Crippen molar-refractivity contribution in [1.29, 1.82) is 0 Å². The molecule has 0 aliphatic carbocycles. The van der Waals surface area contributed by atoms with Crippen LogP contribution in [-0.4, -0.2) is 19.5 Å². The van der Waals surface area contributed by atoms with Gasteiger partial charge in [0.15, 0.2) is 17.5 Å². The average molecular weight is 823 g/mol. The normalized spacial score (nSPS) is 11.8. The third-order valence-electron chi connectivity index (χ3n) is 12.3. The van der Waals surface area contributed by atoms with Gasteiger partial charge in [0.25, 0.3) is 0 Å². The minimum atomic E-state index is 0.589. The molecule has 0 N–H and O–H groups in total. The van der Waals surface area contributed by atoms with Crippen molar-refractivity contribution < 1.29 is 4.42 Å². The third kappa shape index (κ3) is 5.73. The number of fused-ring (bicyclic) bond motifs is 9. The summed E-state index contributed by atoms with van der Waals surface area (Å²) in [6.45, 7) is 0. The first-order valence-corrected chi connectivity index (χ1v) is 21.9. The Bertz CT molecular complexity index is 3850. The monoisotopic (exact) mass is 822 g/mol. The van der Waals surface area contributed by atoms with Gasteiger partial charge in [-0.25, -0.2) is 15.0 Å². The Morgan fingerprint density at radius 2 is 0.889 bits per heavy atom. The second-order valence-electron chi connectivity index (χ2n) is 15.9. The maximum absolute atomic E-state index is 6.61. The zero-order valence-electron chi connectivity index (χ0n) is 33.7. The molecular weight excluding hydrogens is 789 g/mol. The summed E-state index contributed by atoms with van der Waals surface area (Å²) in [5.41, 5.74) is 12.5. The summed E-state index contributed by atoms with van der Waals surface area (Å²) < 4.78 is 11.6. The van der Waals surface area contributed by atoms with Crippen molar-refractivity contribution in [2.24, 2.45) is 0 Å². The molecule has 13 rings (SSSR count). The number of hydrogen-bond donors (Lipinski definition) is 0. The molecule has 0 saturated carbocycles. The highest BCUT2D eigenvalue weighted by atomic mass is 32.1. The van der Waals surface area contributed by atoms with Crippen molar-refractivity contribution in [3.8, 4) is 62.1 Å². The number of thiophene rings is 1. The van der Waals surface area contributed by atoms with Crippen LogP contribution in [-0.2, 0) is 0 Å². The van der Waals surface area contributed by atoms with Crippen LogP contribution in [0.25, 0.3) is 126 Å². The van der Waals surface area contributed by atoms with Crippen molar-refractivity contribution in [1.82, 2.24) is 19.5 Å². The van der Waals surface area contributed by atoms with Gasteiger partial charge in [0.2, 0.25) is 0 Å². The van der Waals surface area contributed by atoms with Crippen LogP contribution in [0.15, 0.2) is 211 Å². The van der Waals surface area contributed by atoms with Gasteiger partial charge in [0, 0.05) is 58.4 Å². The minimum Gasteiger partial charge on any atom is -0.456 e. The van der Waals surface area contributed by atoms with Crippen molar-refractivity contribution in [3.63, 3.8) is 0 Å². The summed E-state index contributed by atoms with van der Waals surface area (Å²) in [4.78, 5) is 15.4. The maximum Gasteiger partial charge on any atom is 0.164 e. The first-order valence-electron chi connectivity index (χ1n) is 21.1. The van der Waals surface area contributed by atoms with Crippen molar-refractivity contribution >= 4 is 75.3 Å². The summed E-state index contributed by atoms with van der Waals surface area (Å²) in [5, 5.41) is 6.97. The fourth-order valence-corrected chi connectivity index (χ4v) is 10.6. The Labute approximate surface area is 365 Å². The molecule has 5 nitrogen and oxygen atoms in total. The lowest BCUT2D eigenvalue weighted by Crippen LogP contribution is -2.00. The Morgan fingerprint density at radius 3 is 1.62 bits per heavy atom. The lowest BCUT2D eigenvalue weighted by Gasteiger charge is -2.12. The maximum atomic E-state index is 6.61. The van der Waals surface area contributed by atoms with E-state index in [2.05, 4.69) is 162 Å². The molecule has 0 spiro atoms.